The predicted octanol–water partition coefficient (Wildman–Crippen LogP) is 2.55. The molecule has 1 fully saturated rings. The first kappa shape index (κ1) is 15.6. The predicted molar refractivity (Wildman–Crippen MR) is 84.3 cm³/mol. The summed E-state index contributed by atoms with van der Waals surface area (Å²) in [7, 11) is 5.86. The van der Waals surface area contributed by atoms with Gasteiger partial charge in [-0.2, -0.15) is 0 Å². The summed E-state index contributed by atoms with van der Waals surface area (Å²) in [6.45, 7) is 5.36. The van der Waals surface area contributed by atoms with Crippen molar-refractivity contribution in [2.45, 2.75) is 19.5 Å². The fourth-order valence-corrected chi connectivity index (χ4v) is 3.47. The Bertz CT molecular complexity index is 479. The maximum absolute atomic E-state index is 9.85. The molecule has 1 N–H and O–H groups in total. The number of rotatable bonds is 4. The molecule has 0 bridgehead atoms. The number of phenolic OH excluding ortho intramolecular Hbond substituents is 1. The second-order valence-electron chi connectivity index (χ2n) is 5.83. The average molecular weight is 343 g/mol. The molecular formula is C15H23BrN2O2. The van der Waals surface area contributed by atoms with Crippen molar-refractivity contribution in [3.8, 4) is 11.5 Å². The molecule has 2 atom stereocenters. The molecule has 1 aromatic carbocycles. The maximum atomic E-state index is 9.85. The second kappa shape index (κ2) is 6.33. The first-order chi connectivity index (χ1) is 9.42. The number of likely N-dealkylation sites (N-methyl/N-ethyl adjacent to an activating group) is 1. The number of ether oxygens (including phenoxy) is 1. The van der Waals surface area contributed by atoms with Gasteiger partial charge in [-0.3, -0.25) is 4.90 Å². The van der Waals surface area contributed by atoms with Crippen LogP contribution in [0.25, 0.3) is 0 Å². The highest BCUT2D eigenvalue weighted by molar-refractivity contribution is 9.10. The monoisotopic (exact) mass is 342 g/mol. The van der Waals surface area contributed by atoms with Crippen LogP contribution in [0.3, 0.4) is 0 Å². The van der Waals surface area contributed by atoms with E-state index in [2.05, 4.69) is 46.7 Å². The average Bonchev–Trinajstić information content (AvgIpc) is 2.74. The van der Waals surface area contributed by atoms with Gasteiger partial charge in [0.2, 0.25) is 0 Å². The molecule has 1 saturated heterocycles. The minimum atomic E-state index is 0.164. The molecule has 20 heavy (non-hydrogen) atoms. The van der Waals surface area contributed by atoms with Gasteiger partial charge in [-0.05, 0) is 53.6 Å². The summed E-state index contributed by atoms with van der Waals surface area (Å²) in [4.78, 5) is 4.76. The number of hydrogen-bond donors (Lipinski definition) is 1. The summed E-state index contributed by atoms with van der Waals surface area (Å²) in [5.74, 6) is 1.36. The zero-order valence-electron chi connectivity index (χ0n) is 12.6. The standard InChI is InChI=1S/C15H23BrN2O2/c1-10-7-18(9-13(10)17(2)3)8-11-5-12(16)15(19)14(6-11)20-4/h5-6,10,13,19H,7-9H2,1-4H3. The molecule has 0 radical (unpaired) electrons. The molecule has 2 unspecified atom stereocenters. The first-order valence-corrected chi connectivity index (χ1v) is 7.65. The summed E-state index contributed by atoms with van der Waals surface area (Å²) in [5, 5.41) is 9.85. The van der Waals surface area contributed by atoms with Gasteiger partial charge >= 0.3 is 0 Å². The van der Waals surface area contributed by atoms with E-state index < -0.39 is 0 Å². The third-order valence-corrected chi connectivity index (χ3v) is 4.63. The molecule has 1 heterocycles. The zero-order chi connectivity index (χ0) is 14.9. The number of aromatic hydroxyl groups is 1. The summed E-state index contributed by atoms with van der Waals surface area (Å²) in [5.41, 5.74) is 1.15. The lowest BCUT2D eigenvalue weighted by atomic mass is 10.1. The van der Waals surface area contributed by atoms with Crippen molar-refractivity contribution in [2.75, 3.05) is 34.3 Å². The van der Waals surface area contributed by atoms with Gasteiger partial charge in [0.05, 0.1) is 11.6 Å². The Kier molecular flexibility index (Phi) is 4.94. The number of hydrogen-bond acceptors (Lipinski definition) is 4. The normalized spacial score (nSPS) is 23.5. The summed E-state index contributed by atoms with van der Waals surface area (Å²) >= 11 is 3.38. The largest absolute Gasteiger partial charge is 0.503 e. The minimum Gasteiger partial charge on any atom is -0.503 e. The van der Waals surface area contributed by atoms with Gasteiger partial charge in [0.15, 0.2) is 11.5 Å². The second-order valence-corrected chi connectivity index (χ2v) is 6.69. The molecule has 1 aliphatic rings. The quantitative estimate of drug-likeness (QED) is 0.912. The van der Waals surface area contributed by atoms with E-state index in [0.29, 0.717) is 22.2 Å². The highest BCUT2D eigenvalue weighted by Crippen LogP contribution is 2.36. The van der Waals surface area contributed by atoms with Gasteiger partial charge < -0.3 is 14.7 Å². The van der Waals surface area contributed by atoms with Crippen molar-refractivity contribution in [1.82, 2.24) is 9.80 Å². The lowest BCUT2D eigenvalue weighted by Crippen LogP contribution is -2.34. The van der Waals surface area contributed by atoms with Crippen LogP contribution < -0.4 is 4.74 Å². The Morgan fingerprint density at radius 2 is 2.10 bits per heavy atom. The molecule has 1 aromatic rings. The van der Waals surface area contributed by atoms with Gasteiger partial charge in [-0.15, -0.1) is 0 Å². The third kappa shape index (κ3) is 3.27. The van der Waals surface area contributed by atoms with Crippen molar-refractivity contribution in [1.29, 1.82) is 0 Å². The lowest BCUT2D eigenvalue weighted by molar-refractivity contribution is 0.250. The molecule has 0 spiro atoms. The van der Waals surface area contributed by atoms with E-state index in [1.54, 1.807) is 7.11 Å². The van der Waals surface area contributed by atoms with Crippen LogP contribution >= 0.6 is 15.9 Å². The lowest BCUT2D eigenvalue weighted by Gasteiger charge is -2.22. The molecule has 0 aromatic heterocycles. The Balaban J connectivity index is 2.10. The van der Waals surface area contributed by atoms with E-state index >= 15 is 0 Å². The summed E-state index contributed by atoms with van der Waals surface area (Å²) < 4.78 is 5.89. The van der Waals surface area contributed by atoms with Crippen LogP contribution in [-0.2, 0) is 6.54 Å². The highest BCUT2D eigenvalue weighted by atomic mass is 79.9. The smallest absolute Gasteiger partial charge is 0.172 e. The molecule has 0 amide bonds. The van der Waals surface area contributed by atoms with Crippen LogP contribution in [0, 0.1) is 5.92 Å². The van der Waals surface area contributed by atoms with Gasteiger partial charge in [-0.25, -0.2) is 0 Å². The molecule has 4 nitrogen and oxygen atoms in total. The zero-order valence-corrected chi connectivity index (χ0v) is 14.1. The number of phenols is 1. The maximum Gasteiger partial charge on any atom is 0.172 e. The fourth-order valence-electron chi connectivity index (χ4n) is 2.98. The minimum absolute atomic E-state index is 0.164. The van der Waals surface area contributed by atoms with Gasteiger partial charge in [0, 0.05) is 25.7 Å². The SMILES string of the molecule is COc1cc(CN2CC(C)C(N(C)C)C2)cc(Br)c1O. The number of methoxy groups -OCH3 is 1. The van der Waals surface area contributed by atoms with Crippen molar-refractivity contribution < 1.29 is 9.84 Å². The fraction of sp³-hybridized carbons (Fsp3) is 0.600. The topological polar surface area (TPSA) is 35.9 Å². The Labute approximate surface area is 129 Å². The van der Waals surface area contributed by atoms with E-state index in [1.165, 1.54) is 0 Å². The molecule has 2 rings (SSSR count). The highest BCUT2D eigenvalue weighted by Gasteiger charge is 2.30. The van der Waals surface area contributed by atoms with E-state index in [4.69, 9.17) is 4.74 Å². The van der Waals surface area contributed by atoms with Gasteiger partial charge in [0.25, 0.3) is 0 Å². The third-order valence-electron chi connectivity index (χ3n) is 4.03. The van der Waals surface area contributed by atoms with E-state index in [0.717, 1.165) is 25.2 Å². The Morgan fingerprint density at radius 1 is 1.40 bits per heavy atom. The number of likely N-dealkylation sites (tertiary alicyclic amines) is 1. The summed E-state index contributed by atoms with van der Waals surface area (Å²) in [6, 6.07) is 4.48. The van der Waals surface area contributed by atoms with Crippen LogP contribution in [0.1, 0.15) is 12.5 Å². The first-order valence-electron chi connectivity index (χ1n) is 6.86. The number of nitrogens with zero attached hydrogens (tertiary/aromatic N) is 2. The number of halogens is 1. The van der Waals surface area contributed by atoms with Crippen molar-refractivity contribution in [3.05, 3.63) is 22.2 Å². The van der Waals surface area contributed by atoms with Crippen LogP contribution in [0.5, 0.6) is 11.5 Å². The van der Waals surface area contributed by atoms with Gasteiger partial charge in [0.1, 0.15) is 0 Å². The molecular weight excluding hydrogens is 320 g/mol. The van der Waals surface area contributed by atoms with E-state index in [1.807, 2.05) is 12.1 Å². The van der Waals surface area contributed by atoms with E-state index in [9.17, 15) is 5.11 Å². The van der Waals surface area contributed by atoms with Crippen molar-refractivity contribution in [3.63, 3.8) is 0 Å². The molecule has 0 aliphatic carbocycles. The van der Waals surface area contributed by atoms with Crippen LogP contribution in [0.2, 0.25) is 0 Å². The van der Waals surface area contributed by atoms with Crippen LogP contribution in [0.15, 0.2) is 16.6 Å². The molecule has 1 aliphatic heterocycles. The molecule has 0 saturated carbocycles. The van der Waals surface area contributed by atoms with Crippen molar-refractivity contribution in [2.24, 2.45) is 5.92 Å². The Morgan fingerprint density at radius 3 is 2.65 bits per heavy atom. The Hall–Kier alpha value is -0.780. The van der Waals surface area contributed by atoms with Crippen molar-refractivity contribution >= 4 is 15.9 Å². The van der Waals surface area contributed by atoms with E-state index in [-0.39, 0.29) is 5.75 Å². The molecule has 112 valence electrons. The number of benzene rings is 1. The van der Waals surface area contributed by atoms with Crippen LogP contribution in [-0.4, -0.2) is 55.2 Å². The summed E-state index contributed by atoms with van der Waals surface area (Å²) in [6.07, 6.45) is 0. The van der Waals surface area contributed by atoms with Crippen LogP contribution in [0.4, 0.5) is 0 Å². The van der Waals surface area contributed by atoms with Gasteiger partial charge in [-0.1, -0.05) is 6.92 Å². The molecule has 5 heteroatoms.